The van der Waals surface area contributed by atoms with Gasteiger partial charge >= 0.3 is 6.03 Å². The van der Waals surface area contributed by atoms with E-state index in [0.29, 0.717) is 24.8 Å². The van der Waals surface area contributed by atoms with Crippen molar-refractivity contribution in [2.45, 2.75) is 26.7 Å². The number of urea groups is 1. The zero-order valence-corrected chi connectivity index (χ0v) is 18.2. The van der Waals surface area contributed by atoms with E-state index >= 15 is 0 Å². The Labute approximate surface area is 175 Å². The van der Waals surface area contributed by atoms with Crippen molar-refractivity contribution in [2.75, 3.05) is 39.1 Å². The van der Waals surface area contributed by atoms with Gasteiger partial charge in [-0.3, -0.25) is 4.79 Å². The topological polar surface area (TPSA) is 74.8 Å². The average Bonchev–Trinajstić information content (AvgIpc) is 3.08. The highest BCUT2D eigenvalue weighted by Crippen LogP contribution is 2.32. The Morgan fingerprint density at radius 2 is 2.03 bits per heavy atom. The number of hydrogen-bond donors (Lipinski definition) is 1. The van der Waals surface area contributed by atoms with Crippen molar-refractivity contribution in [2.24, 2.45) is 5.92 Å². The number of anilines is 1. The molecule has 2 heterocycles. The minimum Gasteiger partial charge on any atom is -0.494 e. The molecule has 1 saturated heterocycles. The number of piperidine rings is 1. The molecule has 0 spiro atoms. The van der Waals surface area contributed by atoms with Crippen LogP contribution in [0.1, 0.15) is 24.6 Å². The second-order valence-corrected chi connectivity index (χ2v) is 8.54. The van der Waals surface area contributed by atoms with E-state index in [9.17, 15) is 9.59 Å². The van der Waals surface area contributed by atoms with Crippen LogP contribution in [0.25, 0.3) is 11.3 Å². The number of benzene rings is 1. The molecule has 0 radical (unpaired) electrons. The van der Waals surface area contributed by atoms with Gasteiger partial charge in [0.25, 0.3) is 0 Å². The van der Waals surface area contributed by atoms with Crippen molar-refractivity contribution < 1.29 is 14.3 Å². The molecule has 1 aliphatic heterocycles. The number of ether oxygens (including phenoxy) is 1. The first kappa shape index (κ1) is 21.1. The number of hydrogen-bond acceptors (Lipinski definition) is 5. The minimum atomic E-state index is -0.217. The van der Waals surface area contributed by atoms with Gasteiger partial charge in [-0.2, -0.15) is 0 Å². The molecule has 3 rings (SSSR count). The highest BCUT2D eigenvalue weighted by Gasteiger charge is 2.29. The summed E-state index contributed by atoms with van der Waals surface area (Å²) in [7, 11) is 3.46. The van der Waals surface area contributed by atoms with E-state index in [4.69, 9.17) is 4.74 Å². The van der Waals surface area contributed by atoms with Gasteiger partial charge in [-0.25, -0.2) is 9.78 Å². The summed E-state index contributed by atoms with van der Waals surface area (Å²) < 4.78 is 5.49. The van der Waals surface area contributed by atoms with Crippen molar-refractivity contribution in [3.05, 3.63) is 29.1 Å². The van der Waals surface area contributed by atoms with Crippen LogP contribution in [0, 0.1) is 12.8 Å². The Hall–Kier alpha value is -2.61. The van der Waals surface area contributed by atoms with Crippen LogP contribution in [0.4, 0.5) is 9.93 Å². The van der Waals surface area contributed by atoms with Gasteiger partial charge in [-0.05, 0) is 51.0 Å². The largest absolute Gasteiger partial charge is 0.494 e. The number of aromatic nitrogens is 1. The summed E-state index contributed by atoms with van der Waals surface area (Å²) in [6.45, 7) is 5.72. The molecule has 8 heteroatoms. The van der Waals surface area contributed by atoms with Crippen LogP contribution in [0.3, 0.4) is 0 Å². The monoisotopic (exact) mass is 416 g/mol. The van der Waals surface area contributed by atoms with E-state index in [-0.39, 0.29) is 17.9 Å². The molecule has 1 aromatic carbocycles. The number of rotatable bonds is 5. The van der Waals surface area contributed by atoms with Crippen LogP contribution < -0.4 is 10.1 Å². The van der Waals surface area contributed by atoms with Gasteiger partial charge < -0.3 is 19.9 Å². The quantitative estimate of drug-likeness (QED) is 0.803. The number of carbonyl (C=O) groups excluding carboxylic acids is 2. The van der Waals surface area contributed by atoms with Gasteiger partial charge in [-0.1, -0.05) is 0 Å². The summed E-state index contributed by atoms with van der Waals surface area (Å²) in [6, 6.07) is 7.75. The number of carbonyl (C=O) groups is 2. The van der Waals surface area contributed by atoms with Crippen molar-refractivity contribution in [1.82, 2.24) is 14.8 Å². The molecule has 7 nitrogen and oxygen atoms in total. The first-order valence-electron chi connectivity index (χ1n) is 9.86. The van der Waals surface area contributed by atoms with E-state index in [2.05, 4.69) is 10.3 Å². The lowest BCUT2D eigenvalue weighted by atomic mass is 9.97. The van der Waals surface area contributed by atoms with E-state index in [1.54, 1.807) is 23.9 Å². The summed E-state index contributed by atoms with van der Waals surface area (Å²) in [5.41, 5.74) is 1.85. The summed E-state index contributed by atoms with van der Waals surface area (Å²) in [5, 5.41) is 3.55. The predicted octanol–water partition coefficient (Wildman–Crippen LogP) is 3.85. The second kappa shape index (κ2) is 9.26. The molecule has 0 bridgehead atoms. The molecule has 0 unspecified atom stereocenters. The zero-order chi connectivity index (χ0) is 21.0. The number of aryl methyl sites for hydroxylation is 1. The van der Waals surface area contributed by atoms with Crippen LogP contribution >= 0.6 is 11.3 Å². The molecule has 29 heavy (non-hydrogen) atoms. The normalized spacial score (nSPS) is 16.4. The maximum atomic E-state index is 12.8. The number of amides is 3. The standard InChI is InChI=1S/C21H28N4O3S/c1-5-28-17-10-8-15(9-11-17)18-14(2)29-20(22-18)23-19(26)16-7-6-12-25(13-16)21(27)24(3)4/h8-11,16H,5-7,12-13H2,1-4H3,(H,22,23,26)/t16-/m0/s1. The Morgan fingerprint density at radius 1 is 1.31 bits per heavy atom. The van der Waals surface area contributed by atoms with Crippen LogP contribution in [0.2, 0.25) is 0 Å². The molecule has 0 saturated carbocycles. The fourth-order valence-corrected chi connectivity index (χ4v) is 4.29. The first-order chi connectivity index (χ1) is 13.9. The molecule has 1 aliphatic rings. The smallest absolute Gasteiger partial charge is 0.319 e. The Balaban J connectivity index is 1.67. The molecule has 1 fully saturated rings. The number of thiazole rings is 1. The SMILES string of the molecule is CCOc1ccc(-c2nc(NC(=O)[C@H]3CCCN(C(=O)N(C)C)C3)sc2C)cc1. The molecule has 156 valence electrons. The van der Waals surface area contributed by atoms with Gasteiger partial charge in [0.2, 0.25) is 5.91 Å². The molecule has 1 N–H and O–H groups in total. The van der Waals surface area contributed by atoms with Crippen LogP contribution in [-0.2, 0) is 4.79 Å². The third-order valence-electron chi connectivity index (χ3n) is 4.91. The summed E-state index contributed by atoms with van der Waals surface area (Å²) >= 11 is 1.46. The zero-order valence-electron chi connectivity index (χ0n) is 17.4. The number of nitrogens with zero attached hydrogens (tertiary/aromatic N) is 3. The van der Waals surface area contributed by atoms with E-state index in [1.165, 1.54) is 11.3 Å². The average molecular weight is 417 g/mol. The van der Waals surface area contributed by atoms with Crippen LogP contribution in [0.15, 0.2) is 24.3 Å². The van der Waals surface area contributed by atoms with Gasteiger partial charge in [-0.15, -0.1) is 11.3 Å². The van der Waals surface area contributed by atoms with Crippen LogP contribution in [-0.4, -0.2) is 60.5 Å². The number of nitrogens with one attached hydrogen (secondary N) is 1. The van der Waals surface area contributed by atoms with Crippen molar-refractivity contribution in [3.63, 3.8) is 0 Å². The first-order valence-corrected chi connectivity index (χ1v) is 10.7. The lowest BCUT2D eigenvalue weighted by molar-refractivity contribution is -0.121. The maximum absolute atomic E-state index is 12.8. The fraction of sp³-hybridized carbons (Fsp3) is 0.476. The predicted molar refractivity (Wildman–Crippen MR) is 115 cm³/mol. The second-order valence-electron chi connectivity index (χ2n) is 7.33. The van der Waals surface area contributed by atoms with E-state index in [1.807, 2.05) is 38.1 Å². The maximum Gasteiger partial charge on any atom is 0.319 e. The third-order valence-corrected chi connectivity index (χ3v) is 5.80. The number of likely N-dealkylation sites (tertiary alicyclic amines) is 1. The minimum absolute atomic E-state index is 0.0506. The van der Waals surface area contributed by atoms with Gasteiger partial charge in [0.1, 0.15) is 5.75 Å². The molecular weight excluding hydrogens is 388 g/mol. The van der Waals surface area contributed by atoms with Gasteiger partial charge in [0, 0.05) is 37.6 Å². The lowest BCUT2D eigenvalue weighted by Crippen LogP contribution is -2.47. The highest BCUT2D eigenvalue weighted by atomic mass is 32.1. The molecule has 1 atom stereocenters. The van der Waals surface area contributed by atoms with Crippen molar-refractivity contribution >= 4 is 28.4 Å². The fourth-order valence-electron chi connectivity index (χ4n) is 3.45. The Bertz CT molecular complexity index is 863. The Kier molecular flexibility index (Phi) is 6.74. The van der Waals surface area contributed by atoms with Crippen LogP contribution in [0.5, 0.6) is 5.75 Å². The Morgan fingerprint density at radius 3 is 2.69 bits per heavy atom. The van der Waals surface area contributed by atoms with Crippen molar-refractivity contribution in [3.8, 4) is 17.0 Å². The molecule has 3 amide bonds. The summed E-state index contributed by atoms with van der Waals surface area (Å²) in [6.07, 6.45) is 1.60. The highest BCUT2D eigenvalue weighted by molar-refractivity contribution is 7.16. The molecular formula is C21H28N4O3S. The van der Waals surface area contributed by atoms with Gasteiger partial charge in [0.05, 0.1) is 18.2 Å². The van der Waals surface area contributed by atoms with Gasteiger partial charge in [0.15, 0.2) is 5.13 Å². The summed E-state index contributed by atoms with van der Waals surface area (Å²) in [4.78, 5) is 33.9. The molecule has 2 aromatic rings. The van der Waals surface area contributed by atoms with E-state index < -0.39 is 0 Å². The van der Waals surface area contributed by atoms with E-state index in [0.717, 1.165) is 34.7 Å². The molecule has 0 aliphatic carbocycles. The lowest BCUT2D eigenvalue weighted by Gasteiger charge is -2.33. The molecule has 1 aromatic heterocycles. The summed E-state index contributed by atoms with van der Waals surface area (Å²) in [5.74, 6) is 0.533. The van der Waals surface area contributed by atoms with Crippen molar-refractivity contribution in [1.29, 1.82) is 0 Å². The third kappa shape index (κ3) is 5.06.